The Balaban J connectivity index is 1.42. The van der Waals surface area contributed by atoms with Crippen molar-refractivity contribution in [1.82, 2.24) is 10.2 Å². The number of amides is 3. The lowest BCUT2D eigenvalue weighted by molar-refractivity contribution is -0.159. The van der Waals surface area contributed by atoms with Crippen molar-refractivity contribution in [2.24, 2.45) is 11.8 Å². The second-order valence-electron chi connectivity index (χ2n) is 8.04. The molecule has 1 heterocycles. The number of allylic oxidation sites excluding steroid dienone is 1. The number of imide groups is 1. The van der Waals surface area contributed by atoms with Crippen LogP contribution in [-0.2, 0) is 23.9 Å². The lowest BCUT2D eigenvalue weighted by atomic mass is 9.81. The first kappa shape index (κ1) is 20.6. The highest BCUT2D eigenvalue weighted by Gasteiger charge is 2.51. The fraction of sp³-hybridized carbons (Fsp3) is 0.714. The molecule has 1 N–H and O–H groups in total. The molecule has 3 atom stereocenters. The van der Waals surface area contributed by atoms with Crippen LogP contribution in [0.5, 0.6) is 0 Å². The number of nitrogens with zero attached hydrogens (tertiary/aromatic N) is 1. The zero-order valence-corrected chi connectivity index (χ0v) is 16.6. The monoisotopic (exact) mass is 390 g/mol. The van der Waals surface area contributed by atoms with Crippen molar-refractivity contribution in [1.29, 1.82) is 0 Å². The normalized spacial score (nSPS) is 25.8. The fourth-order valence-electron chi connectivity index (χ4n) is 4.48. The number of carbonyl (C=O) groups is 4. The highest BCUT2D eigenvalue weighted by molar-refractivity contribution is 6.07. The summed E-state index contributed by atoms with van der Waals surface area (Å²) in [6, 6.07) is -0.995. The van der Waals surface area contributed by atoms with Crippen LogP contribution < -0.4 is 5.32 Å². The van der Waals surface area contributed by atoms with Gasteiger partial charge in [0.1, 0.15) is 6.04 Å². The molecule has 2 fully saturated rings. The molecule has 0 spiro atoms. The van der Waals surface area contributed by atoms with E-state index >= 15 is 0 Å². The van der Waals surface area contributed by atoms with Crippen LogP contribution in [0.15, 0.2) is 11.6 Å². The molecular formula is C21H30N2O5. The standard InChI is InChI=1S/C21H30N2O5/c1-14(23-19(25)16-9-5-6-10-17(16)20(23)26)21(27)28-13-18(24)22-12-11-15-7-3-2-4-8-15/h7,14,16-17H,2-6,8-13H2,1H3,(H,22,24). The number of hydrogen-bond donors (Lipinski definition) is 1. The number of nitrogens with one attached hydrogen (secondary N) is 1. The van der Waals surface area contributed by atoms with Gasteiger partial charge in [0.15, 0.2) is 6.61 Å². The van der Waals surface area contributed by atoms with Gasteiger partial charge in [-0.05, 0) is 51.9 Å². The first-order valence-electron chi connectivity index (χ1n) is 10.5. The summed E-state index contributed by atoms with van der Waals surface area (Å²) in [4.78, 5) is 50.3. The minimum Gasteiger partial charge on any atom is -0.454 e. The molecule has 0 aromatic rings. The largest absolute Gasteiger partial charge is 0.454 e. The summed E-state index contributed by atoms with van der Waals surface area (Å²) in [5.74, 6) is -2.23. The van der Waals surface area contributed by atoms with E-state index in [0.29, 0.717) is 19.4 Å². The molecule has 1 saturated heterocycles. The van der Waals surface area contributed by atoms with Crippen molar-refractivity contribution in [2.75, 3.05) is 13.2 Å². The number of carbonyl (C=O) groups excluding carboxylic acids is 4. The average Bonchev–Trinajstić information content (AvgIpc) is 2.97. The van der Waals surface area contributed by atoms with Crippen molar-refractivity contribution in [2.45, 2.75) is 70.8 Å². The molecule has 1 aliphatic heterocycles. The van der Waals surface area contributed by atoms with Crippen LogP contribution in [0.2, 0.25) is 0 Å². The van der Waals surface area contributed by atoms with Gasteiger partial charge in [0.2, 0.25) is 11.8 Å². The molecule has 0 aromatic heterocycles. The predicted molar refractivity (Wildman–Crippen MR) is 102 cm³/mol. The molecule has 1 saturated carbocycles. The summed E-state index contributed by atoms with van der Waals surface area (Å²) in [6.07, 6.45) is 10.9. The van der Waals surface area contributed by atoms with Crippen LogP contribution in [0.4, 0.5) is 0 Å². The quantitative estimate of drug-likeness (QED) is 0.408. The first-order chi connectivity index (χ1) is 13.5. The highest BCUT2D eigenvalue weighted by Crippen LogP contribution is 2.38. The van der Waals surface area contributed by atoms with E-state index in [-0.39, 0.29) is 29.6 Å². The Morgan fingerprint density at radius 1 is 1.14 bits per heavy atom. The second-order valence-corrected chi connectivity index (χ2v) is 8.04. The summed E-state index contributed by atoms with van der Waals surface area (Å²) in [6.45, 7) is 1.61. The number of hydrogen-bond acceptors (Lipinski definition) is 5. The number of likely N-dealkylation sites (tertiary alicyclic amines) is 1. The summed E-state index contributed by atoms with van der Waals surface area (Å²) < 4.78 is 5.06. The van der Waals surface area contributed by atoms with Gasteiger partial charge in [0.25, 0.3) is 5.91 Å². The van der Waals surface area contributed by atoms with Gasteiger partial charge in [-0.3, -0.25) is 19.3 Å². The predicted octanol–water partition coefficient (Wildman–Crippen LogP) is 2.10. The molecular weight excluding hydrogens is 360 g/mol. The van der Waals surface area contributed by atoms with Crippen molar-refractivity contribution >= 4 is 23.7 Å². The molecule has 3 aliphatic rings. The Kier molecular flexibility index (Phi) is 6.86. The minimum atomic E-state index is -0.995. The number of rotatable bonds is 7. The Morgan fingerprint density at radius 3 is 2.43 bits per heavy atom. The summed E-state index contributed by atoms with van der Waals surface area (Å²) >= 11 is 0. The van der Waals surface area contributed by atoms with Gasteiger partial charge in [-0.25, -0.2) is 4.79 Å². The number of ether oxygens (including phenoxy) is 1. The molecule has 0 aromatic carbocycles. The highest BCUT2D eigenvalue weighted by atomic mass is 16.5. The second kappa shape index (κ2) is 9.34. The summed E-state index contributed by atoms with van der Waals surface area (Å²) in [7, 11) is 0. The zero-order valence-electron chi connectivity index (χ0n) is 16.6. The smallest absolute Gasteiger partial charge is 0.329 e. The van der Waals surface area contributed by atoms with E-state index in [1.54, 1.807) is 0 Å². The van der Waals surface area contributed by atoms with Crippen LogP contribution in [0, 0.1) is 11.8 Å². The van der Waals surface area contributed by atoms with Gasteiger partial charge in [-0.15, -0.1) is 0 Å². The maximum absolute atomic E-state index is 12.5. The molecule has 0 radical (unpaired) electrons. The molecule has 7 heteroatoms. The van der Waals surface area contributed by atoms with Crippen molar-refractivity contribution < 1.29 is 23.9 Å². The van der Waals surface area contributed by atoms with Gasteiger partial charge >= 0.3 is 5.97 Å². The van der Waals surface area contributed by atoms with Crippen molar-refractivity contribution in [3.05, 3.63) is 11.6 Å². The molecule has 3 rings (SSSR count). The lowest BCUT2D eigenvalue weighted by Gasteiger charge is -2.21. The average molecular weight is 390 g/mol. The topological polar surface area (TPSA) is 92.8 Å². The minimum absolute atomic E-state index is 0.274. The third-order valence-corrected chi connectivity index (χ3v) is 6.10. The van der Waals surface area contributed by atoms with Crippen molar-refractivity contribution in [3.8, 4) is 0 Å². The van der Waals surface area contributed by atoms with Crippen LogP contribution in [0.3, 0.4) is 0 Å². The zero-order chi connectivity index (χ0) is 20.1. The van der Waals surface area contributed by atoms with Gasteiger partial charge in [0, 0.05) is 6.54 Å². The molecule has 7 nitrogen and oxygen atoms in total. The molecule has 3 amide bonds. The molecule has 154 valence electrons. The number of fused-ring (bicyclic) bond motifs is 1. The third kappa shape index (κ3) is 4.62. The third-order valence-electron chi connectivity index (χ3n) is 6.10. The Hall–Kier alpha value is -2.18. The Bertz CT molecular complexity index is 648. The Labute approximate surface area is 165 Å². The number of esters is 1. The SMILES string of the molecule is CC(C(=O)OCC(=O)NCCC1=CCCCC1)N1C(=O)C2CCCCC2C1=O. The van der Waals surface area contributed by atoms with Crippen LogP contribution >= 0.6 is 0 Å². The maximum Gasteiger partial charge on any atom is 0.329 e. The maximum atomic E-state index is 12.5. The van der Waals surface area contributed by atoms with E-state index in [1.165, 1.54) is 25.3 Å². The van der Waals surface area contributed by atoms with E-state index < -0.39 is 18.6 Å². The van der Waals surface area contributed by atoms with Gasteiger partial charge in [-0.1, -0.05) is 24.5 Å². The molecule has 28 heavy (non-hydrogen) atoms. The molecule has 2 aliphatic carbocycles. The fourth-order valence-corrected chi connectivity index (χ4v) is 4.48. The summed E-state index contributed by atoms with van der Waals surface area (Å²) in [5, 5.41) is 2.75. The molecule has 3 unspecified atom stereocenters. The van der Waals surface area contributed by atoms with Gasteiger partial charge < -0.3 is 10.1 Å². The van der Waals surface area contributed by atoms with Gasteiger partial charge in [-0.2, -0.15) is 0 Å². The van der Waals surface area contributed by atoms with E-state index in [4.69, 9.17) is 4.74 Å². The van der Waals surface area contributed by atoms with E-state index in [0.717, 1.165) is 37.0 Å². The summed E-state index contributed by atoms with van der Waals surface area (Å²) in [5.41, 5.74) is 1.37. The first-order valence-corrected chi connectivity index (χ1v) is 10.5. The van der Waals surface area contributed by atoms with E-state index in [1.807, 2.05) is 0 Å². The van der Waals surface area contributed by atoms with Crippen LogP contribution in [0.1, 0.15) is 64.7 Å². The van der Waals surface area contributed by atoms with E-state index in [9.17, 15) is 19.2 Å². The van der Waals surface area contributed by atoms with Crippen LogP contribution in [0.25, 0.3) is 0 Å². The van der Waals surface area contributed by atoms with Gasteiger partial charge in [0.05, 0.1) is 11.8 Å². The van der Waals surface area contributed by atoms with E-state index in [2.05, 4.69) is 11.4 Å². The van der Waals surface area contributed by atoms with Crippen molar-refractivity contribution in [3.63, 3.8) is 0 Å². The van der Waals surface area contributed by atoms with Crippen LogP contribution in [-0.4, -0.2) is 47.8 Å². The Morgan fingerprint density at radius 2 is 1.82 bits per heavy atom. The lowest BCUT2D eigenvalue weighted by Crippen LogP contribution is -2.45. The molecule has 0 bridgehead atoms.